The highest BCUT2D eigenvalue weighted by molar-refractivity contribution is 7.99. The highest BCUT2D eigenvalue weighted by Gasteiger charge is 2.14. The molecule has 0 amide bonds. The smallest absolute Gasteiger partial charge is 0.266 e. The largest absolute Gasteiger partial charge is 0.268 e. The lowest BCUT2D eigenvalue weighted by Crippen LogP contribution is -2.22. The fraction of sp³-hybridized carbons (Fsp3) is 0.167. The molecule has 3 aromatic rings. The summed E-state index contributed by atoms with van der Waals surface area (Å²) in [5.41, 5.74) is 2.21. The molecule has 0 fully saturated rings. The molecule has 2 aromatic carbocycles. The van der Waals surface area contributed by atoms with Gasteiger partial charge in [0.15, 0.2) is 5.16 Å². The minimum atomic E-state index is -0.134. The zero-order valence-corrected chi connectivity index (χ0v) is 14.6. The van der Waals surface area contributed by atoms with Crippen molar-refractivity contribution in [2.75, 3.05) is 5.75 Å². The van der Waals surface area contributed by atoms with E-state index in [0.717, 1.165) is 11.3 Å². The first-order chi connectivity index (χ1) is 11.6. The van der Waals surface area contributed by atoms with E-state index in [4.69, 9.17) is 16.9 Å². The second-order valence-corrected chi connectivity index (χ2v) is 6.74. The van der Waals surface area contributed by atoms with Crippen LogP contribution in [0.5, 0.6) is 0 Å². The van der Waals surface area contributed by atoms with E-state index in [0.29, 0.717) is 33.3 Å². The number of thioether (sulfide) groups is 1. The van der Waals surface area contributed by atoms with E-state index in [2.05, 4.69) is 11.1 Å². The van der Waals surface area contributed by atoms with E-state index in [1.54, 1.807) is 22.8 Å². The van der Waals surface area contributed by atoms with Crippen molar-refractivity contribution in [3.63, 3.8) is 0 Å². The van der Waals surface area contributed by atoms with Crippen molar-refractivity contribution in [3.8, 4) is 11.8 Å². The minimum absolute atomic E-state index is 0.134. The third kappa shape index (κ3) is 3.16. The number of halogens is 1. The third-order valence-corrected chi connectivity index (χ3v) is 4.78. The molecule has 120 valence electrons. The summed E-state index contributed by atoms with van der Waals surface area (Å²) in [5, 5.41) is 10.4. The summed E-state index contributed by atoms with van der Waals surface area (Å²) < 4.78 is 1.62. The van der Waals surface area contributed by atoms with Crippen LogP contribution >= 0.6 is 23.4 Å². The fourth-order valence-corrected chi connectivity index (χ4v) is 3.47. The lowest BCUT2D eigenvalue weighted by atomic mass is 10.2. The Labute approximate surface area is 148 Å². The topological polar surface area (TPSA) is 58.7 Å². The molecule has 1 aromatic heterocycles. The second kappa shape index (κ2) is 7.08. The van der Waals surface area contributed by atoms with Crippen LogP contribution in [0, 0.1) is 18.3 Å². The predicted octanol–water partition coefficient (Wildman–Crippen LogP) is 4.35. The molecule has 0 unspecified atom stereocenters. The average Bonchev–Trinajstić information content (AvgIpc) is 2.56. The van der Waals surface area contributed by atoms with Crippen molar-refractivity contribution in [3.05, 3.63) is 63.4 Å². The zero-order valence-electron chi connectivity index (χ0n) is 13.0. The minimum Gasteiger partial charge on any atom is -0.268 e. The van der Waals surface area contributed by atoms with Gasteiger partial charge in [-0.3, -0.25) is 9.36 Å². The van der Waals surface area contributed by atoms with Gasteiger partial charge in [-0.1, -0.05) is 41.6 Å². The molecule has 0 bridgehead atoms. The highest BCUT2D eigenvalue weighted by atomic mass is 35.5. The lowest BCUT2D eigenvalue weighted by molar-refractivity contribution is 0.814. The number of rotatable bonds is 4. The quantitative estimate of drug-likeness (QED) is 0.396. The van der Waals surface area contributed by atoms with Crippen LogP contribution in [0.4, 0.5) is 0 Å². The molecule has 0 N–H and O–H groups in total. The first-order valence-corrected chi connectivity index (χ1v) is 8.76. The third-order valence-electron chi connectivity index (χ3n) is 3.60. The molecule has 1 heterocycles. The summed E-state index contributed by atoms with van der Waals surface area (Å²) in [6.07, 6.45) is 0.391. The number of fused-ring (bicyclic) bond motifs is 1. The van der Waals surface area contributed by atoms with Gasteiger partial charge in [0.25, 0.3) is 5.56 Å². The monoisotopic (exact) mass is 355 g/mol. The van der Waals surface area contributed by atoms with Crippen LogP contribution in [-0.2, 0) is 0 Å². The molecule has 0 spiro atoms. The van der Waals surface area contributed by atoms with Crippen molar-refractivity contribution in [1.29, 1.82) is 5.26 Å². The van der Waals surface area contributed by atoms with Crippen LogP contribution in [0.2, 0.25) is 5.02 Å². The van der Waals surface area contributed by atoms with Gasteiger partial charge in [-0.05, 0) is 36.8 Å². The van der Waals surface area contributed by atoms with Gasteiger partial charge < -0.3 is 0 Å². The molecular weight excluding hydrogens is 342 g/mol. The summed E-state index contributed by atoms with van der Waals surface area (Å²) in [5.74, 6) is 0.570. The Balaban J connectivity index is 2.28. The van der Waals surface area contributed by atoms with Gasteiger partial charge in [0, 0.05) is 17.2 Å². The maximum atomic E-state index is 13.0. The van der Waals surface area contributed by atoms with Crippen molar-refractivity contribution in [2.45, 2.75) is 18.5 Å². The van der Waals surface area contributed by atoms with Gasteiger partial charge >= 0.3 is 0 Å². The molecule has 0 aliphatic rings. The van der Waals surface area contributed by atoms with Crippen molar-refractivity contribution in [2.24, 2.45) is 0 Å². The Hall–Kier alpha value is -2.29. The molecule has 0 aliphatic heterocycles. The number of benzene rings is 2. The van der Waals surface area contributed by atoms with Crippen LogP contribution in [0.25, 0.3) is 16.6 Å². The molecule has 0 saturated carbocycles. The van der Waals surface area contributed by atoms with Crippen molar-refractivity contribution in [1.82, 2.24) is 9.55 Å². The van der Waals surface area contributed by atoms with Crippen LogP contribution < -0.4 is 5.56 Å². The molecule has 3 rings (SSSR count). The SMILES string of the molecule is Cc1ccccc1-n1c(SCCC#N)nc2cc(Cl)ccc2c1=O. The second-order valence-electron chi connectivity index (χ2n) is 5.24. The summed E-state index contributed by atoms with van der Waals surface area (Å²) in [7, 11) is 0. The molecule has 0 aliphatic carbocycles. The van der Waals surface area contributed by atoms with Gasteiger partial charge in [0.2, 0.25) is 0 Å². The molecular formula is C18H14ClN3OS. The summed E-state index contributed by atoms with van der Waals surface area (Å²) in [4.78, 5) is 17.7. The first kappa shape index (κ1) is 16.6. The first-order valence-electron chi connectivity index (χ1n) is 7.40. The number of nitriles is 1. The summed E-state index contributed by atoms with van der Waals surface area (Å²) in [6, 6.07) is 14.9. The van der Waals surface area contributed by atoms with Crippen LogP contribution in [-0.4, -0.2) is 15.3 Å². The molecule has 0 saturated heterocycles. The number of para-hydroxylation sites is 1. The van der Waals surface area contributed by atoms with E-state index < -0.39 is 0 Å². The molecule has 4 nitrogen and oxygen atoms in total. The molecule has 0 atom stereocenters. The number of hydrogen-bond donors (Lipinski definition) is 0. The Morgan fingerprint density at radius 2 is 2.08 bits per heavy atom. The predicted molar refractivity (Wildman–Crippen MR) is 98.0 cm³/mol. The molecule has 6 heteroatoms. The number of aryl methyl sites for hydroxylation is 1. The van der Waals surface area contributed by atoms with Crippen molar-refractivity contribution < 1.29 is 0 Å². The lowest BCUT2D eigenvalue weighted by Gasteiger charge is -2.14. The van der Waals surface area contributed by atoms with Crippen LogP contribution in [0.1, 0.15) is 12.0 Å². The maximum absolute atomic E-state index is 13.0. The standard InChI is InChI=1S/C18H14ClN3OS/c1-12-5-2-3-6-16(12)22-17(23)14-8-7-13(19)11-15(14)21-18(22)24-10-4-9-20/h2-3,5-8,11H,4,10H2,1H3. The molecule has 0 radical (unpaired) electrons. The Morgan fingerprint density at radius 1 is 1.29 bits per heavy atom. The molecule has 24 heavy (non-hydrogen) atoms. The summed E-state index contributed by atoms with van der Waals surface area (Å²) >= 11 is 7.43. The van der Waals surface area contributed by atoms with Gasteiger partial charge in [-0.25, -0.2) is 4.98 Å². The fourth-order valence-electron chi connectivity index (χ4n) is 2.45. The Kier molecular flexibility index (Phi) is 4.89. The van der Waals surface area contributed by atoms with E-state index in [9.17, 15) is 4.79 Å². The average molecular weight is 356 g/mol. The maximum Gasteiger partial charge on any atom is 0.266 e. The van der Waals surface area contributed by atoms with Crippen molar-refractivity contribution >= 4 is 34.3 Å². The van der Waals surface area contributed by atoms with E-state index in [-0.39, 0.29) is 5.56 Å². The van der Waals surface area contributed by atoms with Gasteiger partial charge in [-0.15, -0.1) is 0 Å². The number of aromatic nitrogens is 2. The van der Waals surface area contributed by atoms with E-state index >= 15 is 0 Å². The van der Waals surface area contributed by atoms with E-state index in [1.165, 1.54) is 11.8 Å². The zero-order chi connectivity index (χ0) is 17.1. The van der Waals surface area contributed by atoms with E-state index in [1.807, 2.05) is 31.2 Å². The highest BCUT2D eigenvalue weighted by Crippen LogP contribution is 2.24. The van der Waals surface area contributed by atoms with Gasteiger partial charge in [-0.2, -0.15) is 5.26 Å². The Bertz CT molecular complexity index is 1010. The van der Waals surface area contributed by atoms with Gasteiger partial charge in [0.05, 0.1) is 22.7 Å². The summed E-state index contributed by atoms with van der Waals surface area (Å²) in [6.45, 7) is 1.96. The number of hydrogen-bond acceptors (Lipinski definition) is 4. The van der Waals surface area contributed by atoms with Gasteiger partial charge in [0.1, 0.15) is 0 Å². The van der Waals surface area contributed by atoms with Crippen LogP contribution in [0.15, 0.2) is 52.4 Å². The van der Waals surface area contributed by atoms with Crippen LogP contribution in [0.3, 0.4) is 0 Å². The normalized spacial score (nSPS) is 10.7. The Morgan fingerprint density at radius 3 is 2.83 bits per heavy atom. The number of nitrogens with zero attached hydrogens (tertiary/aromatic N) is 3.